The first kappa shape index (κ1) is 16.3. The van der Waals surface area contributed by atoms with E-state index in [1.165, 1.54) is 0 Å². The molecule has 0 aromatic heterocycles. The minimum Gasteiger partial charge on any atom is -0.407 e. The van der Waals surface area contributed by atoms with E-state index in [0.717, 1.165) is 0 Å². The lowest BCUT2D eigenvalue weighted by Crippen LogP contribution is -2.41. The van der Waals surface area contributed by atoms with Crippen LogP contribution in [0.2, 0.25) is 0 Å². The van der Waals surface area contributed by atoms with Gasteiger partial charge in [-0.05, 0) is 39.5 Å². The summed E-state index contributed by atoms with van der Waals surface area (Å²) in [5, 5.41) is 0. The molecule has 0 amide bonds. The van der Waals surface area contributed by atoms with Gasteiger partial charge in [-0.3, -0.25) is 0 Å². The molecule has 2 aliphatic rings. The Balaban J connectivity index is 2.08. The first-order valence-electron chi connectivity index (χ1n) is 7.71. The van der Waals surface area contributed by atoms with Gasteiger partial charge in [0.15, 0.2) is 0 Å². The van der Waals surface area contributed by atoms with Crippen LogP contribution >= 0.6 is 0 Å². The average molecular weight is 282 g/mol. The summed E-state index contributed by atoms with van der Waals surface area (Å²) in [5.41, 5.74) is -0.628. The van der Waals surface area contributed by atoms with Crippen LogP contribution in [0.25, 0.3) is 0 Å². The molecule has 0 spiro atoms. The summed E-state index contributed by atoms with van der Waals surface area (Å²) < 4.78 is 24.3. The molecule has 0 aliphatic carbocycles. The van der Waals surface area contributed by atoms with Crippen molar-refractivity contribution >= 4 is 14.0 Å². The molecule has 0 N–H and O–H groups in total. The Morgan fingerprint density at radius 2 is 1.00 bits per heavy atom. The van der Waals surface area contributed by atoms with E-state index >= 15 is 0 Å². The highest BCUT2D eigenvalue weighted by molar-refractivity contribution is 7.11. The molecule has 2 saturated heterocycles. The molecule has 4 nitrogen and oxygen atoms in total. The Labute approximate surface area is 124 Å². The third kappa shape index (κ3) is 2.94. The second kappa shape index (κ2) is 5.31. The minimum absolute atomic E-state index is 0.0564. The summed E-state index contributed by atoms with van der Waals surface area (Å²) in [6.07, 6.45) is 0.113. The van der Waals surface area contributed by atoms with Gasteiger partial charge in [0.05, 0.1) is 23.4 Å². The van der Waals surface area contributed by atoms with Gasteiger partial charge in [-0.25, -0.2) is 0 Å². The number of hydrogen-bond acceptors (Lipinski definition) is 4. The molecule has 2 aliphatic heterocycles. The van der Waals surface area contributed by atoms with Gasteiger partial charge in [0.25, 0.3) is 0 Å². The first-order chi connectivity index (χ1) is 9.04. The van der Waals surface area contributed by atoms with Crippen molar-refractivity contribution in [3.8, 4) is 0 Å². The molecule has 2 fully saturated rings. The third-order valence-corrected chi connectivity index (χ3v) is 4.20. The highest BCUT2D eigenvalue weighted by atomic mass is 16.7. The van der Waals surface area contributed by atoms with E-state index in [2.05, 4.69) is 55.4 Å². The second-order valence-electron chi connectivity index (χ2n) is 7.78. The molecule has 0 radical (unpaired) electrons. The predicted molar refractivity (Wildman–Crippen MR) is 81.3 cm³/mol. The fourth-order valence-corrected chi connectivity index (χ4v) is 3.56. The summed E-state index contributed by atoms with van der Waals surface area (Å²) in [6, 6.07) is 0. The van der Waals surface area contributed by atoms with Crippen molar-refractivity contribution in [3.05, 3.63) is 0 Å². The Bertz CT molecular complexity index is 323. The molecule has 2 atom stereocenters. The van der Waals surface area contributed by atoms with Crippen molar-refractivity contribution in [1.29, 1.82) is 0 Å². The SMILES string of the molecule is CC(C)C1OB(B2OC(C(C)C)C(C)(C)O2)OC1(C)C. The van der Waals surface area contributed by atoms with Crippen LogP contribution in [-0.2, 0) is 18.6 Å². The van der Waals surface area contributed by atoms with E-state index in [4.69, 9.17) is 18.6 Å². The Morgan fingerprint density at radius 1 is 0.700 bits per heavy atom. The molecule has 0 saturated carbocycles. The first-order valence-corrected chi connectivity index (χ1v) is 7.71. The lowest BCUT2D eigenvalue weighted by molar-refractivity contribution is 0.0435. The maximum absolute atomic E-state index is 6.07. The standard InChI is InChI=1S/C14H28B2O4/c1-9(2)11-13(5,6)19-15(17-11)16-18-12(10(3)4)14(7,8)20-16/h9-12H,1-8H3. The van der Waals surface area contributed by atoms with Crippen molar-refractivity contribution < 1.29 is 18.6 Å². The summed E-state index contributed by atoms with van der Waals surface area (Å²) in [6.45, 7) is 16.9. The lowest BCUT2D eigenvalue weighted by Gasteiger charge is -2.28. The van der Waals surface area contributed by atoms with E-state index in [0.29, 0.717) is 11.8 Å². The highest BCUT2D eigenvalue weighted by Gasteiger charge is 2.60. The van der Waals surface area contributed by atoms with Crippen LogP contribution in [0.15, 0.2) is 0 Å². The van der Waals surface area contributed by atoms with Crippen LogP contribution in [0.1, 0.15) is 55.4 Å². The molecule has 2 heterocycles. The molecule has 2 rings (SSSR count). The van der Waals surface area contributed by atoms with Gasteiger partial charge in [0, 0.05) is 0 Å². The summed E-state index contributed by atoms with van der Waals surface area (Å²) >= 11 is 0. The van der Waals surface area contributed by atoms with Gasteiger partial charge >= 0.3 is 14.0 Å². The fourth-order valence-electron chi connectivity index (χ4n) is 3.56. The van der Waals surface area contributed by atoms with Crippen molar-refractivity contribution in [2.45, 2.75) is 78.8 Å². The van der Waals surface area contributed by atoms with Crippen LogP contribution in [0.4, 0.5) is 0 Å². The zero-order valence-electron chi connectivity index (χ0n) is 14.1. The van der Waals surface area contributed by atoms with Crippen LogP contribution in [0.5, 0.6) is 0 Å². The summed E-state index contributed by atoms with van der Waals surface area (Å²) in [4.78, 5) is 0. The normalized spacial score (nSPS) is 32.7. The second-order valence-corrected chi connectivity index (χ2v) is 7.78. The highest BCUT2D eigenvalue weighted by Crippen LogP contribution is 2.38. The molecule has 2 unspecified atom stereocenters. The van der Waals surface area contributed by atoms with Crippen molar-refractivity contribution in [1.82, 2.24) is 0 Å². The van der Waals surface area contributed by atoms with E-state index in [1.807, 2.05) is 0 Å². The number of rotatable bonds is 3. The van der Waals surface area contributed by atoms with Gasteiger partial charge < -0.3 is 18.6 Å². The summed E-state index contributed by atoms with van der Waals surface area (Å²) in [7, 11) is -0.888. The smallest absolute Gasteiger partial charge is 0.407 e. The quantitative estimate of drug-likeness (QED) is 0.746. The van der Waals surface area contributed by atoms with Gasteiger partial charge in [-0.1, -0.05) is 27.7 Å². The maximum Gasteiger partial charge on any atom is 0.488 e. The lowest BCUT2D eigenvalue weighted by atomic mass is 9.49. The van der Waals surface area contributed by atoms with Crippen molar-refractivity contribution in [3.63, 3.8) is 0 Å². The average Bonchev–Trinajstić information content (AvgIpc) is 2.74. The molecule has 114 valence electrons. The van der Waals surface area contributed by atoms with E-state index < -0.39 is 14.0 Å². The predicted octanol–water partition coefficient (Wildman–Crippen LogP) is 2.74. The van der Waals surface area contributed by atoms with Crippen LogP contribution in [0, 0.1) is 11.8 Å². The topological polar surface area (TPSA) is 36.9 Å². The van der Waals surface area contributed by atoms with Crippen LogP contribution in [0.3, 0.4) is 0 Å². The molecule has 0 aromatic carbocycles. The van der Waals surface area contributed by atoms with Crippen LogP contribution < -0.4 is 0 Å². The van der Waals surface area contributed by atoms with Gasteiger partial charge in [-0.2, -0.15) is 0 Å². The molecular formula is C14H28B2O4. The van der Waals surface area contributed by atoms with E-state index in [9.17, 15) is 0 Å². The van der Waals surface area contributed by atoms with E-state index in [1.54, 1.807) is 0 Å². The molecular weight excluding hydrogens is 254 g/mol. The maximum atomic E-state index is 6.07. The zero-order valence-corrected chi connectivity index (χ0v) is 14.1. The zero-order chi connectivity index (χ0) is 15.3. The Kier molecular flexibility index (Phi) is 4.34. The van der Waals surface area contributed by atoms with Gasteiger partial charge in [0.1, 0.15) is 0 Å². The van der Waals surface area contributed by atoms with Gasteiger partial charge in [-0.15, -0.1) is 0 Å². The number of hydrogen-bond donors (Lipinski definition) is 0. The molecule has 6 heteroatoms. The minimum atomic E-state index is -0.444. The Morgan fingerprint density at radius 3 is 1.20 bits per heavy atom. The van der Waals surface area contributed by atoms with E-state index in [-0.39, 0.29) is 23.4 Å². The van der Waals surface area contributed by atoms with Crippen molar-refractivity contribution in [2.75, 3.05) is 0 Å². The summed E-state index contributed by atoms with van der Waals surface area (Å²) in [5.74, 6) is 0.788. The third-order valence-electron chi connectivity index (χ3n) is 4.20. The Hall–Kier alpha value is -0.0301. The molecule has 0 bridgehead atoms. The monoisotopic (exact) mass is 282 g/mol. The van der Waals surface area contributed by atoms with Crippen LogP contribution in [-0.4, -0.2) is 37.4 Å². The largest absolute Gasteiger partial charge is 0.488 e. The van der Waals surface area contributed by atoms with Crippen molar-refractivity contribution in [2.24, 2.45) is 11.8 Å². The molecule has 0 aromatic rings. The van der Waals surface area contributed by atoms with Gasteiger partial charge in [0.2, 0.25) is 0 Å². The molecule has 20 heavy (non-hydrogen) atoms. The fraction of sp³-hybridized carbons (Fsp3) is 1.00.